The van der Waals surface area contributed by atoms with Crippen LogP contribution in [0, 0.1) is 0 Å². The Hall–Kier alpha value is -2.47. The number of carbonyl (C=O) groups excluding carboxylic acids is 1. The molecular weight excluding hydrogens is 320 g/mol. The minimum atomic E-state index is -0.0654. The summed E-state index contributed by atoms with van der Waals surface area (Å²) in [6, 6.07) is 12.1. The van der Waals surface area contributed by atoms with Crippen molar-refractivity contribution in [3.05, 3.63) is 64.2 Å². The van der Waals surface area contributed by atoms with Crippen LogP contribution in [0.2, 0.25) is 0 Å². The lowest BCUT2D eigenvalue weighted by Crippen LogP contribution is -2.18. The van der Waals surface area contributed by atoms with E-state index >= 15 is 0 Å². The van der Waals surface area contributed by atoms with Gasteiger partial charge in [-0.15, -0.1) is 11.3 Å². The number of carbonyl (C=O) groups is 1. The van der Waals surface area contributed by atoms with E-state index in [4.69, 9.17) is 0 Å². The van der Waals surface area contributed by atoms with Gasteiger partial charge in [-0.25, -0.2) is 9.67 Å². The number of aromatic nitrogens is 3. The first kappa shape index (κ1) is 16.4. The van der Waals surface area contributed by atoms with E-state index in [0.29, 0.717) is 6.42 Å². The van der Waals surface area contributed by atoms with Gasteiger partial charge in [0.2, 0.25) is 5.91 Å². The first-order chi connectivity index (χ1) is 11.7. The highest BCUT2D eigenvalue weighted by molar-refractivity contribution is 7.09. The average molecular weight is 340 g/mol. The van der Waals surface area contributed by atoms with Crippen LogP contribution in [0.15, 0.2) is 48.0 Å². The van der Waals surface area contributed by atoms with Crippen molar-refractivity contribution in [2.45, 2.75) is 32.7 Å². The Bertz CT molecular complexity index is 794. The summed E-state index contributed by atoms with van der Waals surface area (Å²) in [5, 5.41) is 10.2. The van der Waals surface area contributed by atoms with Crippen molar-refractivity contribution < 1.29 is 4.79 Å². The second-order valence-electron chi connectivity index (χ2n) is 5.49. The number of hydrogen-bond donors (Lipinski definition) is 1. The summed E-state index contributed by atoms with van der Waals surface area (Å²) in [4.78, 5) is 16.6. The molecule has 0 aliphatic heterocycles. The lowest BCUT2D eigenvalue weighted by molar-refractivity contribution is -0.115. The third kappa shape index (κ3) is 4.29. The van der Waals surface area contributed by atoms with Gasteiger partial charge in [0.05, 0.1) is 23.3 Å². The molecule has 0 spiro atoms. The van der Waals surface area contributed by atoms with Crippen molar-refractivity contribution in [3.63, 3.8) is 0 Å². The predicted molar refractivity (Wildman–Crippen MR) is 96.2 cm³/mol. The first-order valence-electron chi connectivity index (χ1n) is 8.03. The third-order valence-corrected chi connectivity index (χ3v) is 4.72. The minimum absolute atomic E-state index is 0.0654. The van der Waals surface area contributed by atoms with Gasteiger partial charge < -0.3 is 5.32 Å². The second-order valence-corrected chi connectivity index (χ2v) is 6.43. The van der Waals surface area contributed by atoms with Crippen molar-refractivity contribution in [3.8, 4) is 0 Å². The summed E-state index contributed by atoms with van der Waals surface area (Å²) in [6.45, 7) is 2.79. The Labute approximate surface area is 145 Å². The number of anilines is 1. The molecule has 0 aliphatic carbocycles. The summed E-state index contributed by atoms with van der Waals surface area (Å²) in [5.41, 5.74) is 2.07. The van der Waals surface area contributed by atoms with Crippen molar-refractivity contribution in [2.24, 2.45) is 0 Å². The van der Waals surface area contributed by atoms with Gasteiger partial charge in [0, 0.05) is 18.0 Å². The highest BCUT2D eigenvalue weighted by atomic mass is 32.1. The van der Waals surface area contributed by atoms with Crippen molar-refractivity contribution >= 4 is 23.1 Å². The topological polar surface area (TPSA) is 59.8 Å². The van der Waals surface area contributed by atoms with Gasteiger partial charge in [-0.3, -0.25) is 4.79 Å². The fourth-order valence-electron chi connectivity index (χ4n) is 2.44. The van der Waals surface area contributed by atoms with Gasteiger partial charge >= 0.3 is 0 Å². The van der Waals surface area contributed by atoms with Crippen LogP contribution in [0.25, 0.3) is 0 Å². The molecule has 24 heavy (non-hydrogen) atoms. The van der Waals surface area contributed by atoms with Gasteiger partial charge in [0.1, 0.15) is 5.82 Å². The summed E-state index contributed by atoms with van der Waals surface area (Å²) >= 11 is 1.60. The predicted octanol–water partition coefficient (Wildman–Crippen LogP) is 3.33. The highest BCUT2D eigenvalue weighted by Crippen LogP contribution is 2.13. The molecular formula is C18H20N4OS. The zero-order valence-electron chi connectivity index (χ0n) is 13.6. The Morgan fingerprint density at radius 2 is 2.08 bits per heavy atom. The highest BCUT2D eigenvalue weighted by Gasteiger charge is 2.10. The zero-order valence-corrected chi connectivity index (χ0v) is 14.4. The largest absolute Gasteiger partial charge is 0.311 e. The van der Waals surface area contributed by atoms with Gasteiger partial charge in [-0.2, -0.15) is 5.10 Å². The van der Waals surface area contributed by atoms with E-state index in [1.54, 1.807) is 17.5 Å². The SMILES string of the molecule is CCc1nc(CC(=O)Nc2ccnn2CCc2ccccc2)cs1. The van der Waals surface area contributed by atoms with E-state index in [-0.39, 0.29) is 5.91 Å². The molecule has 1 N–H and O–H groups in total. The summed E-state index contributed by atoms with van der Waals surface area (Å²) in [6.07, 6.45) is 3.77. The summed E-state index contributed by atoms with van der Waals surface area (Å²) in [7, 11) is 0. The lowest BCUT2D eigenvalue weighted by atomic mass is 10.1. The third-order valence-electron chi connectivity index (χ3n) is 3.68. The van der Waals surface area contributed by atoms with Gasteiger partial charge in [0.15, 0.2) is 0 Å². The molecule has 5 nitrogen and oxygen atoms in total. The summed E-state index contributed by atoms with van der Waals surface area (Å²) in [5.74, 6) is 0.659. The molecule has 6 heteroatoms. The maximum absolute atomic E-state index is 12.2. The molecule has 0 radical (unpaired) electrons. The van der Waals surface area contributed by atoms with Gasteiger partial charge in [-0.1, -0.05) is 37.3 Å². The lowest BCUT2D eigenvalue weighted by Gasteiger charge is -2.08. The fraction of sp³-hybridized carbons (Fsp3) is 0.278. The Morgan fingerprint density at radius 3 is 2.83 bits per heavy atom. The fourth-order valence-corrected chi connectivity index (χ4v) is 3.19. The van der Waals surface area contributed by atoms with E-state index < -0.39 is 0 Å². The van der Waals surface area contributed by atoms with Crippen LogP contribution in [-0.4, -0.2) is 20.7 Å². The van der Waals surface area contributed by atoms with Crippen LogP contribution in [0.5, 0.6) is 0 Å². The van der Waals surface area contributed by atoms with Crippen LogP contribution in [0.3, 0.4) is 0 Å². The quantitative estimate of drug-likeness (QED) is 0.718. The Balaban J connectivity index is 1.57. The van der Waals surface area contributed by atoms with E-state index in [1.165, 1.54) is 5.56 Å². The molecule has 1 aromatic carbocycles. The smallest absolute Gasteiger partial charge is 0.231 e. The normalized spacial score (nSPS) is 10.7. The number of thiazole rings is 1. The monoisotopic (exact) mass is 340 g/mol. The number of rotatable bonds is 7. The van der Waals surface area contributed by atoms with Crippen LogP contribution in [0.4, 0.5) is 5.82 Å². The molecule has 0 bridgehead atoms. The molecule has 0 saturated heterocycles. The number of nitrogens with zero attached hydrogens (tertiary/aromatic N) is 3. The molecule has 124 valence electrons. The standard InChI is InChI=1S/C18H20N4OS/c1-2-18-20-15(13-24-18)12-17(23)21-16-8-10-19-22(16)11-9-14-6-4-3-5-7-14/h3-8,10,13H,2,9,11-12H2,1H3,(H,21,23). The number of amides is 1. The molecule has 3 rings (SSSR count). The molecule has 2 aromatic heterocycles. The number of nitrogens with one attached hydrogen (secondary N) is 1. The van der Waals surface area contributed by atoms with Crippen LogP contribution >= 0.6 is 11.3 Å². The minimum Gasteiger partial charge on any atom is -0.311 e. The van der Waals surface area contributed by atoms with Gasteiger partial charge in [0.25, 0.3) is 0 Å². The van der Waals surface area contributed by atoms with Crippen LogP contribution < -0.4 is 5.32 Å². The molecule has 0 atom stereocenters. The first-order valence-corrected chi connectivity index (χ1v) is 8.91. The van der Waals surface area contributed by atoms with E-state index in [9.17, 15) is 4.79 Å². The molecule has 0 unspecified atom stereocenters. The number of benzene rings is 1. The van der Waals surface area contributed by atoms with Crippen LogP contribution in [-0.2, 0) is 30.6 Å². The maximum Gasteiger partial charge on any atom is 0.231 e. The molecule has 0 aliphatic rings. The maximum atomic E-state index is 12.2. The zero-order chi connectivity index (χ0) is 16.8. The van der Waals surface area contributed by atoms with Crippen molar-refractivity contribution in [1.82, 2.24) is 14.8 Å². The molecule has 1 amide bonds. The van der Waals surface area contributed by atoms with Crippen LogP contribution in [0.1, 0.15) is 23.2 Å². The number of hydrogen-bond acceptors (Lipinski definition) is 4. The van der Waals surface area contributed by atoms with E-state index in [0.717, 1.165) is 35.9 Å². The Morgan fingerprint density at radius 1 is 1.25 bits per heavy atom. The second kappa shape index (κ2) is 7.88. The molecule has 0 saturated carbocycles. The molecule has 3 aromatic rings. The average Bonchev–Trinajstić information content (AvgIpc) is 3.23. The van der Waals surface area contributed by atoms with E-state index in [2.05, 4.69) is 34.5 Å². The van der Waals surface area contributed by atoms with Crippen molar-refractivity contribution in [2.75, 3.05) is 5.32 Å². The van der Waals surface area contributed by atoms with Gasteiger partial charge in [-0.05, 0) is 18.4 Å². The molecule has 0 fully saturated rings. The van der Waals surface area contributed by atoms with E-state index in [1.807, 2.05) is 34.3 Å². The summed E-state index contributed by atoms with van der Waals surface area (Å²) < 4.78 is 1.82. The molecule has 2 heterocycles. The number of aryl methyl sites for hydroxylation is 3. The Kier molecular flexibility index (Phi) is 5.38. The van der Waals surface area contributed by atoms with Crippen molar-refractivity contribution in [1.29, 1.82) is 0 Å².